The van der Waals surface area contributed by atoms with Gasteiger partial charge in [0.05, 0.1) is 10.2 Å². The fourth-order valence-corrected chi connectivity index (χ4v) is 4.60. The van der Waals surface area contributed by atoms with E-state index in [1.54, 1.807) is 22.1 Å². The fourth-order valence-electron chi connectivity index (χ4n) is 3.57. The Morgan fingerprint density at radius 2 is 2.14 bits per heavy atom. The average Bonchev–Trinajstić information content (AvgIpc) is 3.36. The van der Waals surface area contributed by atoms with Crippen LogP contribution >= 0.6 is 11.3 Å². The number of nitrogens with zero attached hydrogens (tertiary/aromatic N) is 4. The molecule has 0 unspecified atom stereocenters. The van der Waals surface area contributed by atoms with Crippen LogP contribution in [0.15, 0.2) is 23.3 Å². The summed E-state index contributed by atoms with van der Waals surface area (Å²) in [7, 11) is 0. The summed E-state index contributed by atoms with van der Waals surface area (Å²) in [5.74, 6) is -0.0677. The lowest BCUT2D eigenvalue weighted by molar-refractivity contribution is -0.127. The molecule has 28 heavy (non-hydrogen) atoms. The molecule has 1 aliphatic rings. The van der Waals surface area contributed by atoms with Crippen molar-refractivity contribution in [2.75, 3.05) is 19.6 Å². The Kier molecular flexibility index (Phi) is 5.17. The first kappa shape index (κ1) is 18.7. The molecule has 0 saturated carbocycles. The average molecular weight is 401 g/mol. The summed E-state index contributed by atoms with van der Waals surface area (Å²) < 4.78 is 4.03. The zero-order chi connectivity index (χ0) is 19.7. The Morgan fingerprint density at radius 1 is 1.29 bits per heavy atom. The number of amides is 2. The van der Waals surface area contributed by atoms with Crippen molar-refractivity contribution in [2.24, 2.45) is 0 Å². The minimum atomic E-state index is -0.276. The van der Waals surface area contributed by atoms with E-state index >= 15 is 0 Å². The van der Waals surface area contributed by atoms with Crippen molar-refractivity contribution in [3.8, 4) is 0 Å². The van der Waals surface area contributed by atoms with E-state index in [4.69, 9.17) is 0 Å². The Balaban J connectivity index is 1.38. The number of thiophene rings is 1. The first-order valence-corrected chi connectivity index (χ1v) is 10.4. The van der Waals surface area contributed by atoms with Crippen LogP contribution in [0.25, 0.3) is 15.7 Å². The topological polar surface area (TPSA) is 88.7 Å². The predicted molar refractivity (Wildman–Crippen MR) is 108 cm³/mol. The molecule has 0 aromatic carbocycles. The third-order valence-corrected chi connectivity index (χ3v) is 6.29. The minimum absolute atomic E-state index is 0.114. The highest BCUT2D eigenvalue weighted by molar-refractivity contribution is 7.19. The van der Waals surface area contributed by atoms with Gasteiger partial charge in [0.2, 0.25) is 11.8 Å². The standard InChI is InChI=1S/C19H23N5O3S/c1-2-13-9-14-16(28-13)10-15-19(27)24(21-12-23(14)15)11-17(25)20-6-4-8-22-7-3-5-18(22)26/h9-10,12H,2-8,11H2,1H3,(H,20,25). The quantitative estimate of drug-likeness (QED) is 0.606. The molecule has 2 amide bonds. The van der Waals surface area contributed by atoms with Crippen molar-refractivity contribution < 1.29 is 9.59 Å². The molecule has 3 aromatic rings. The highest BCUT2D eigenvalue weighted by Gasteiger charge is 2.19. The Bertz CT molecular complexity index is 1100. The van der Waals surface area contributed by atoms with E-state index in [0.717, 1.165) is 29.6 Å². The minimum Gasteiger partial charge on any atom is -0.354 e. The molecule has 4 heterocycles. The zero-order valence-corrected chi connectivity index (χ0v) is 16.6. The second kappa shape index (κ2) is 7.75. The van der Waals surface area contributed by atoms with Crippen LogP contribution in [0.1, 0.15) is 31.1 Å². The summed E-state index contributed by atoms with van der Waals surface area (Å²) in [6, 6.07) is 3.95. The van der Waals surface area contributed by atoms with Crippen molar-refractivity contribution in [2.45, 2.75) is 39.2 Å². The van der Waals surface area contributed by atoms with Crippen LogP contribution < -0.4 is 10.9 Å². The van der Waals surface area contributed by atoms with E-state index in [0.29, 0.717) is 31.4 Å². The molecule has 1 fully saturated rings. The van der Waals surface area contributed by atoms with E-state index in [9.17, 15) is 14.4 Å². The fraction of sp³-hybridized carbons (Fsp3) is 0.474. The van der Waals surface area contributed by atoms with Gasteiger partial charge in [-0.2, -0.15) is 5.10 Å². The summed E-state index contributed by atoms with van der Waals surface area (Å²) in [6.45, 7) is 3.92. The van der Waals surface area contributed by atoms with E-state index < -0.39 is 0 Å². The third kappa shape index (κ3) is 3.54. The summed E-state index contributed by atoms with van der Waals surface area (Å²) in [5, 5.41) is 6.96. The molecule has 4 rings (SSSR count). The lowest BCUT2D eigenvalue weighted by atomic mass is 10.3. The molecule has 8 nitrogen and oxygen atoms in total. The number of carbonyl (C=O) groups is 2. The van der Waals surface area contributed by atoms with Gasteiger partial charge in [-0.3, -0.25) is 18.8 Å². The highest BCUT2D eigenvalue weighted by atomic mass is 32.1. The van der Waals surface area contributed by atoms with Gasteiger partial charge < -0.3 is 10.2 Å². The van der Waals surface area contributed by atoms with Crippen LogP contribution in [0, 0.1) is 0 Å². The smallest absolute Gasteiger partial charge is 0.291 e. The largest absolute Gasteiger partial charge is 0.354 e. The number of hydrogen-bond acceptors (Lipinski definition) is 5. The van der Waals surface area contributed by atoms with Crippen molar-refractivity contribution in [3.05, 3.63) is 33.7 Å². The first-order valence-electron chi connectivity index (χ1n) is 9.61. The highest BCUT2D eigenvalue weighted by Crippen LogP contribution is 2.28. The maximum atomic E-state index is 12.7. The van der Waals surface area contributed by atoms with Crippen molar-refractivity contribution in [1.82, 2.24) is 24.4 Å². The number of nitrogens with one attached hydrogen (secondary N) is 1. The van der Waals surface area contributed by atoms with Gasteiger partial charge in [0, 0.05) is 30.9 Å². The number of rotatable bonds is 7. The SMILES string of the molecule is CCc1cc2c(cc3c(=O)n(CC(=O)NCCCN4CCCC4=O)ncn32)s1. The Labute approximate surface area is 165 Å². The molecule has 0 aliphatic carbocycles. The lowest BCUT2D eigenvalue weighted by Crippen LogP contribution is -2.35. The molecule has 148 valence electrons. The van der Waals surface area contributed by atoms with Crippen molar-refractivity contribution in [1.29, 1.82) is 0 Å². The number of aromatic nitrogens is 3. The molecule has 9 heteroatoms. The summed E-state index contributed by atoms with van der Waals surface area (Å²) in [5.41, 5.74) is 1.23. The van der Waals surface area contributed by atoms with E-state index in [2.05, 4.69) is 23.4 Å². The molecule has 1 aliphatic heterocycles. The maximum absolute atomic E-state index is 12.7. The van der Waals surface area contributed by atoms with Crippen LogP contribution in [0.4, 0.5) is 0 Å². The molecule has 1 N–H and O–H groups in total. The van der Waals surface area contributed by atoms with Gasteiger partial charge in [-0.25, -0.2) is 4.68 Å². The monoisotopic (exact) mass is 401 g/mol. The normalized spacial score (nSPS) is 14.5. The van der Waals surface area contributed by atoms with Gasteiger partial charge in [-0.15, -0.1) is 11.3 Å². The van der Waals surface area contributed by atoms with Gasteiger partial charge in [0.15, 0.2) is 0 Å². The van der Waals surface area contributed by atoms with E-state index in [-0.39, 0.29) is 23.9 Å². The number of hydrogen-bond donors (Lipinski definition) is 1. The number of aryl methyl sites for hydroxylation is 1. The van der Waals surface area contributed by atoms with E-state index in [1.165, 1.54) is 9.56 Å². The molecule has 0 bridgehead atoms. The molecule has 0 spiro atoms. The van der Waals surface area contributed by atoms with Crippen LogP contribution in [-0.2, 0) is 22.6 Å². The lowest BCUT2D eigenvalue weighted by Gasteiger charge is -2.15. The van der Waals surface area contributed by atoms with Crippen LogP contribution in [0.5, 0.6) is 0 Å². The van der Waals surface area contributed by atoms with Crippen LogP contribution in [-0.4, -0.2) is 50.5 Å². The van der Waals surface area contributed by atoms with E-state index in [1.807, 2.05) is 11.0 Å². The zero-order valence-electron chi connectivity index (χ0n) is 15.8. The van der Waals surface area contributed by atoms with Crippen molar-refractivity contribution >= 4 is 38.9 Å². The first-order chi connectivity index (χ1) is 13.6. The summed E-state index contributed by atoms with van der Waals surface area (Å²) in [6.07, 6.45) is 4.79. The molecular weight excluding hydrogens is 378 g/mol. The summed E-state index contributed by atoms with van der Waals surface area (Å²) in [4.78, 5) is 39.5. The van der Waals surface area contributed by atoms with Gasteiger partial charge in [0.25, 0.3) is 5.56 Å². The Morgan fingerprint density at radius 3 is 2.89 bits per heavy atom. The predicted octanol–water partition coefficient (Wildman–Crippen LogP) is 1.40. The molecule has 3 aromatic heterocycles. The number of carbonyl (C=O) groups excluding carboxylic acids is 2. The van der Waals surface area contributed by atoms with Crippen LogP contribution in [0.2, 0.25) is 0 Å². The van der Waals surface area contributed by atoms with Gasteiger partial charge in [-0.1, -0.05) is 6.92 Å². The van der Waals surface area contributed by atoms with Crippen molar-refractivity contribution in [3.63, 3.8) is 0 Å². The van der Waals surface area contributed by atoms with Gasteiger partial charge in [0.1, 0.15) is 18.4 Å². The maximum Gasteiger partial charge on any atom is 0.291 e. The van der Waals surface area contributed by atoms with Gasteiger partial charge in [-0.05, 0) is 31.4 Å². The third-order valence-electron chi connectivity index (χ3n) is 5.08. The second-order valence-corrected chi connectivity index (χ2v) is 8.17. The second-order valence-electron chi connectivity index (χ2n) is 7.00. The number of fused-ring (bicyclic) bond motifs is 3. The number of likely N-dealkylation sites (tertiary alicyclic amines) is 1. The molecule has 0 atom stereocenters. The van der Waals surface area contributed by atoms with Gasteiger partial charge >= 0.3 is 0 Å². The molecular formula is C19H23N5O3S. The molecule has 0 radical (unpaired) electrons. The summed E-state index contributed by atoms with van der Waals surface area (Å²) >= 11 is 1.67. The Hall–Kier alpha value is -2.68. The molecule has 1 saturated heterocycles. The van der Waals surface area contributed by atoms with Crippen LogP contribution in [0.3, 0.4) is 0 Å².